The Morgan fingerprint density at radius 1 is 1.10 bits per heavy atom. The van der Waals surface area contributed by atoms with E-state index in [2.05, 4.69) is 24.4 Å². The van der Waals surface area contributed by atoms with Crippen LogP contribution in [0.15, 0.2) is 36.4 Å². The van der Waals surface area contributed by atoms with Gasteiger partial charge in [-0.25, -0.2) is 8.42 Å². The van der Waals surface area contributed by atoms with Crippen molar-refractivity contribution in [2.45, 2.75) is 40.7 Å². The van der Waals surface area contributed by atoms with Gasteiger partial charge >= 0.3 is 0 Å². The number of sulfonamides is 1. The number of carbonyl (C=O) groups is 1. The molecule has 0 aliphatic carbocycles. The number of ether oxygens (including phenoxy) is 1. The van der Waals surface area contributed by atoms with Crippen molar-refractivity contribution in [2.24, 2.45) is 0 Å². The number of carbonyl (C=O) groups excluding carboxylic acids is 1. The number of hydrogen-bond acceptors (Lipinski definition) is 4. The Balaban J connectivity index is 2.21. The molecule has 2 aromatic carbocycles. The molecule has 6 nitrogen and oxygen atoms in total. The second-order valence-electron chi connectivity index (χ2n) is 7.28. The van der Waals surface area contributed by atoms with Gasteiger partial charge < -0.3 is 10.1 Å². The van der Waals surface area contributed by atoms with E-state index in [1.165, 1.54) is 5.56 Å². The fourth-order valence-electron chi connectivity index (χ4n) is 3.24. The van der Waals surface area contributed by atoms with Crippen molar-refractivity contribution in [1.29, 1.82) is 0 Å². The van der Waals surface area contributed by atoms with Crippen LogP contribution in [0.1, 0.15) is 42.1 Å². The molecular formula is C22H30N2O4S. The molecule has 0 fully saturated rings. The molecule has 0 aromatic heterocycles. The Hall–Kier alpha value is -2.54. The molecule has 7 heteroatoms. The highest BCUT2D eigenvalue weighted by molar-refractivity contribution is 7.92. The quantitative estimate of drug-likeness (QED) is 0.710. The summed E-state index contributed by atoms with van der Waals surface area (Å²) < 4.78 is 31.2. The van der Waals surface area contributed by atoms with Crippen molar-refractivity contribution >= 4 is 21.6 Å². The summed E-state index contributed by atoms with van der Waals surface area (Å²) in [6.07, 6.45) is 1.09. The molecule has 0 spiro atoms. The van der Waals surface area contributed by atoms with Gasteiger partial charge in [-0.3, -0.25) is 9.10 Å². The molecule has 29 heavy (non-hydrogen) atoms. The van der Waals surface area contributed by atoms with E-state index < -0.39 is 10.0 Å². The van der Waals surface area contributed by atoms with E-state index in [-0.39, 0.29) is 18.5 Å². The van der Waals surface area contributed by atoms with Crippen LogP contribution in [0.25, 0.3) is 0 Å². The van der Waals surface area contributed by atoms with Crippen molar-refractivity contribution in [3.05, 3.63) is 58.7 Å². The molecule has 2 aromatic rings. The first kappa shape index (κ1) is 22.7. The maximum atomic E-state index is 12.7. The third-order valence-electron chi connectivity index (χ3n) is 4.83. The summed E-state index contributed by atoms with van der Waals surface area (Å²) in [4.78, 5) is 12.7. The maximum absolute atomic E-state index is 12.7. The third kappa shape index (κ3) is 5.97. The first-order chi connectivity index (χ1) is 13.5. The van der Waals surface area contributed by atoms with Crippen LogP contribution in [0.5, 0.6) is 5.75 Å². The van der Waals surface area contributed by atoms with Gasteiger partial charge in [0, 0.05) is 6.07 Å². The second kappa shape index (κ2) is 9.31. The fraction of sp³-hybridized carbons (Fsp3) is 0.409. The lowest BCUT2D eigenvalue weighted by Gasteiger charge is -2.24. The summed E-state index contributed by atoms with van der Waals surface area (Å²) >= 11 is 0. The average Bonchev–Trinajstić information content (AvgIpc) is 2.62. The lowest BCUT2D eigenvalue weighted by molar-refractivity contribution is -0.120. The summed E-state index contributed by atoms with van der Waals surface area (Å²) in [6.45, 7) is 10.0. The van der Waals surface area contributed by atoms with Crippen molar-refractivity contribution in [2.75, 3.05) is 23.7 Å². The number of amides is 1. The highest BCUT2D eigenvalue weighted by Gasteiger charge is 2.23. The van der Waals surface area contributed by atoms with Crippen LogP contribution in [0, 0.1) is 20.8 Å². The van der Waals surface area contributed by atoms with Gasteiger partial charge in [0.1, 0.15) is 12.3 Å². The van der Waals surface area contributed by atoms with Gasteiger partial charge in [0.2, 0.25) is 15.9 Å². The van der Waals surface area contributed by atoms with Crippen LogP contribution in [-0.2, 0) is 14.8 Å². The number of nitrogens with zero attached hydrogens (tertiary/aromatic N) is 1. The van der Waals surface area contributed by atoms with E-state index >= 15 is 0 Å². The van der Waals surface area contributed by atoms with Crippen LogP contribution in [0.2, 0.25) is 0 Å². The highest BCUT2D eigenvalue weighted by atomic mass is 32.2. The number of aryl methyl sites for hydroxylation is 3. The van der Waals surface area contributed by atoms with Gasteiger partial charge in [0.25, 0.3) is 0 Å². The average molecular weight is 419 g/mol. The standard InChI is InChI=1S/C22H30N2O4S/c1-7-28-20-10-8-9-19(13-20)24(29(6,26)27)14-22(25)23-18(5)21-12-16(3)15(2)11-17(21)4/h8-13,18H,7,14H2,1-6H3,(H,23,25)/t18-/m1/s1. The predicted molar refractivity (Wildman–Crippen MR) is 117 cm³/mol. The minimum Gasteiger partial charge on any atom is -0.494 e. The molecule has 0 aliphatic rings. The first-order valence-electron chi connectivity index (χ1n) is 9.60. The van der Waals surface area contributed by atoms with E-state index in [0.717, 1.165) is 27.3 Å². The van der Waals surface area contributed by atoms with E-state index in [0.29, 0.717) is 18.0 Å². The Morgan fingerprint density at radius 2 is 1.76 bits per heavy atom. The molecule has 1 amide bonds. The number of anilines is 1. The van der Waals surface area contributed by atoms with Crippen LogP contribution in [0.4, 0.5) is 5.69 Å². The number of hydrogen-bond donors (Lipinski definition) is 1. The van der Waals surface area contributed by atoms with Gasteiger partial charge in [-0.05, 0) is 69.0 Å². The lowest BCUT2D eigenvalue weighted by Crippen LogP contribution is -2.41. The Morgan fingerprint density at radius 3 is 2.38 bits per heavy atom. The largest absolute Gasteiger partial charge is 0.494 e. The molecule has 0 bridgehead atoms. The minimum atomic E-state index is -3.65. The zero-order valence-electron chi connectivity index (χ0n) is 17.9. The predicted octanol–water partition coefficient (Wildman–Crippen LogP) is 3.65. The second-order valence-corrected chi connectivity index (χ2v) is 9.19. The van der Waals surface area contributed by atoms with Crippen molar-refractivity contribution in [3.8, 4) is 5.75 Å². The van der Waals surface area contributed by atoms with E-state index in [1.54, 1.807) is 24.3 Å². The Kier molecular flexibility index (Phi) is 7.30. The fourth-order valence-corrected chi connectivity index (χ4v) is 4.09. The SMILES string of the molecule is CCOc1cccc(N(CC(=O)N[C@H](C)c2cc(C)c(C)cc2C)S(C)(=O)=O)c1. The molecule has 1 atom stereocenters. The molecule has 0 heterocycles. The molecule has 0 radical (unpaired) electrons. The molecule has 0 unspecified atom stereocenters. The van der Waals surface area contributed by atoms with Crippen molar-refractivity contribution in [1.82, 2.24) is 5.32 Å². The van der Waals surface area contributed by atoms with Gasteiger partial charge in [-0.2, -0.15) is 0 Å². The summed E-state index contributed by atoms with van der Waals surface area (Å²) in [6, 6.07) is 10.6. The normalized spacial score (nSPS) is 12.3. The maximum Gasteiger partial charge on any atom is 0.241 e. The van der Waals surface area contributed by atoms with E-state index in [4.69, 9.17) is 4.74 Å². The van der Waals surface area contributed by atoms with Gasteiger partial charge in [0.05, 0.1) is 24.6 Å². The van der Waals surface area contributed by atoms with Crippen molar-refractivity contribution < 1.29 is 17.9 Å². The highest BCUT2D eigenvalue weighted by Crippen LogP contribution is 2.24. The molecule has 0 aliphatic heterocycles. The minimum absolute atomic E-state index is 0.238. The van der Waals surface area contributed by atoms with Crippen LogP contribution < -0.4 is 14.4 Å². The summed E-state index contributed by atoms with van der Waals surface area (Å²) in [5.41, 5.74) is 4.85. The summed E-state index contributed by atoms with van der Waals surface area (Å²) in [5.74, 6) is 0.181. The molecule has 158 valence electrons. The van der Waals surface area contributed by atoms with Gasteiger partial charge in [-0.1, -0.05) is 18.2 Å². The topological polar surface area (TPSA) is 75.7 Å². The first-order valence-corrected chi connectivity index (χ1v) is 11.5. The third-order valence-corrected chi connectivity index (χ3v) is 5.97. The summed E-state index contributed by atoms with van der Waals surface area (Å²) in [5, 5.41) is 2.92. The number of nitrogens with one attached hydrogen (secondary N) is 1. The van der Waals surface area contributed by atoms with E-state index in [9.17, 15) is 13.2 Å². The molecule has 0 saturated carbocycles. The van der Waals surface area contributed by atoms with Gasteiger partial charge in [-0.15, -0.1) is 0 Å². The molecule has 1 N–H and O–H groups in total. The number of benzene rings is 2. The van der Waals surface area contributed by atoms with Crippen LogP contribution >= 0.6 is 0 Å². The van der Waals surface area contributed by atoms with E-state index in [1.807, 2.05) is 27.7 Å². The summed E-state index contributed by atoms with van der Waals surface area (Å²) in [7, 11) is -3.65. The zero-order valence-corrected chi connectivity index (χ0v) is 18.8. The lowest BCUT2D eigenvalue weighted by atomic mass is 9.96. The Bertz CT molecular complexity index is 986. The van der Waals surface area contributed by atoms with Crippen LogP contribution in [-0.4, -0.2) is 33.7 Å². The molecular weight excluding hydrogens is 388 g/mol. The van der Waals surface area contributed by atoms with Crippen LogP contribution in [0.3, 0.4) is 0 Å². The number of rotatable bonds is 8. The Labute approximate surface area is 173 Å². The molecule has 2 rings (SSSR count). The smallest absolute Gasteiger partial charge is 0.241 e. The van der Waals surface area contributed by atoms with Crippen molar-refractivity contribution in [3.63, 3.8) is 0 Å². The molecule has 0 saturated heterocycles. The monoisotopic (exact) mass is 418 g/mol. The van der Waals surface area contributed by atoms with Gasteiger partial charge in [0.15, 0.2) is 0 Å². The zero-order chi connectivity index (χ0) is 21.8.